The average molecular weight is 128 g/mol. The maximum absolute atomic E-state index is 10.0. The Labute approximate surface area is 54.9 Å². The molecule has 0 aliphatic carbocycles. The number of hydrogen-bond acceptors (Lipinski definition) is 1. The molecule has 3 heteroatoms. The molecule has 52 valence electrons. The van der Waals surface area contributed by atoms with E-state index in [1.54, 1.807) is 0 Å². The van der Waals surface area contributed by atoms with Gasteiger partial charge < -0.3 is 11.1 Å². The summed E-state index contributed by atoms with van der Waals surface area (Å²) in [5.41, 5.74) is 4.80. The molecule has 0 aliphatic rings. The van der Waals surface area contributed by atoms with E-state index < -0.39 is 6.03 Å². The summed E-state index contributed by atoms with van der Waals surface area (Å²) in [6, 6.07) is -0.459. The Morgan fingerprint density at radius 1 is 1.78 bits per heavy atom. The molecule has 9 heavy (non-hydrogen) atoms. The topological polar surface area (TPSA) is 55.1 Å². The predicted molar refractivity (Wildman–Crippen MR) is 37.0 cm³/mol. The van der Waals surface area contributed by atoms with E-state index in [4.69, 9.17) is 5.73 Å². The molecule has 0 saturated heterocycles. The molecule has 3 N–H and O–H groups in total. The lowest BCUT2D eigenvalue weighted by atomic mass is 10.4. The maximum atomic E-state index is 10.0. The highest BCUT2D eigenvalue weighted by atomic mass is 16.2. The summed E-state index contributed by atoms with van der Waals surface area (Å²) in [5, 5.41) is 2.47. The van der Waals surface area contributed by atoms with Gasteiger partial charge in [-0.1, -0.05) is 12.2 Å². The Morgan fingerprint density at radius 2 is 2.44 bits per heavy atom. The van der Waals surface area contributed by atoms with E-state index in [1.807, 2.05) is 19.1 Å². The lowest BCUT2D eigenvalue weighted by Crippen LogP contribution is -2.29. The van der Waals surface area contributed by atoms with Crippen LogP contribution in [0.25, 0.3) is 0 Å². The van der Waals surface area contributed by atoms with Crippen molar-refractivity contribution >= 4 is 6.03 Å². The number of carbonyl (C=O) groups is 1. The van der Waals surface area contributed by atoms with Crippen LogP contribution in [0.2, 0.25) is 0 Å². The van der Waals surface area contributed by atoms with Crippen molar-refractivity contribution in [2.75, 3.05) is 6.54 Å². The highest BCUT2D eigenvalue weighted by Gasteiger charge is 1.85. The van der Waals surface area contributed by atoms with E-state index >= 15 is 0 Å². The van der Waals surface area contributed by atoms with Gasteiger partial charge in [-0.2, -0.15) is 0 Å². The molecule has 0 unspecified atom stereocenters. The average Bonchev–Trinajstić information content (AvgIpc) is 1.80. The van der Waals surface area contributed by atoms with Crippen LogP contribution < -0.4 is 11.1 Å². The smallest absolute Gasteiger partial charge is 0.312 e. The molecule has 0 heterocycles. The molecule has 0 spiro atoms. The highest BCUT2D eigenvalue weighted by molar-refractivity contribution is 5.71. The Bertz CT molecular complexity index is 110. The molecule has 2 amide bonds. The standard InChI is InChI=1S/C6H12N2O/c1-2-3-4-5-8-6(7)9/h2-3H,4-5H2,1H3,(H3,7,8,9)/b3-2+. The van der Waals surface area contributed by atoms with E-state index in [0.29, 0.717) is 6.54 Å². The number of urea groups is 1. The van der Waals surface area contributed by atoms with Crippen LogP contribution in [0.3, 0.4) is 0 Å². The summed E-state index contributed by atoms with van der Waals surface area (Å²) in [7, 11) is 0. The molecule has 0 saturated carbocycles. The molecule has 0 rings (SSSR count). The molecule has 0 radical (unpaired) electrons. The summed E-state index contributed by atoms with van der Waals surface area (Å²) in [6.07, 6.45) is 4.75. The zero-order valence-corrected chi connectivity index (χ0v) is 5.55. The van der Waals surface area contributed by atoms with Crippen LogP contribution in [0, 0.1) is 0 Å². The normalized spacial score (nSPS) is 9.89. The van der Waals surface area contributed by atoms with Crippen molar-refractivity contribution in [1.29, 1.82) is 0 Å². The molecule has 3 nitrogen and oxygen atoms in total. The van der Waals surface area contributed by atoms with Gasteiger partial charge in [-0.25, -0.2) is 4.79 Å². The van der Waals surface area contributed by atoms with Crippen LogP contribution in [0.5, 0.6) is 0 Å². The van der Waals surface area contributed by atoms with Crippen molar-refractivity contribution in [2.24, 2.45) is 5.73 Å². The van der Waals surface area contributed by atoms with E-state index in [1.165, 1.54) is 0 Å². The molecule has 0 bridgehead atoms. The highest BCUT2D eigenvalue weighted by Crippen LogP contribution is 1.77. The van der Waals surface area contributed by atoms with Crippen molar-refractivity contribution in [1.82, 2.24) is 5.32 Å². The summed E-state index contributed by atoms with van der Waals surface area (Å²) in [6.45, 7) is 2.56. The fraction of sp³-hybridized carbons (Fsp3) is 0.500. The van der Waals surface area contributed by atoms with Gasteiger partial charge in [0.25, 0.3) is 0 Å². The zero-order chi connectivity index (χ0) is 7.11. The third-order valence-electron chi connectivity index (χ3n) is 0.846. The van der Waals surface area contributed by atoms with Crippen LogP contribution in [-0.4, -0.2) is 12.6 Å². The Morgan fingerprint density at radius 3 is 2.89 bits per heavy atom. The van der Waals surface area contributed by atoms with Crippen LogP contribution in [0.4, 0.5) is 4.79 Å². The maximum Gasteiger partial charge on any atom is 0.312 e. The number of carbonyl (C=O) groups excluding carboxylic acids is 1. The first-order chi connectivity index (χ1) is 4.27. The number of nitrogens with one attached hydrogen (secondary N) is 1. The summed E-state index contributed by atoms with van der Waals surface area (Å²) >= 11 is 0. The number of rotatable bonds is 3. The predicted octanol–water partition coefficient (Wildman–Crippen LogP) is 0.621. The van der Waals surface area contributed by atoms with Crippen LogP contribution >= 0.6 is 0 Å². The third kappa shape index (κ3) is 7.01. The third-order valence-corrected chi connectivity index (χ3v) is 0.846. The number of nitrogens with two attached hydrogens (primary N) is 1. The number of allylic oxidation sites excluding steroid dienone is 1. The minimum atomic E-state index is -0.459. The zero-order valence-electron chi connectivity index (χ0n) is 5.55. The van der Waals surface area contributed by atoms with E-state index in [0.717, 1.165) is 6.42 Å². The van der Waals surface area contributed by atoms with Crippen LogP contribution in [0.1, 0.15) is 13.3 Å². The first-order valence-corrected chi connectivity index (χ1v) is 2.92. The van der Waals surface area contributed by atoms with Gasteiger partial charge in [0.05, 0.1) is 0 Å². The van der Waals surface area contributed by atoms with Gasteiger partial charge in [-0.15, -0.1) is 0 Å². The Kier molecular flexibility index (Phi) is 4.59. The van der Waals surface area contributed by atoms with Crippen molar-refractivity contribution in [3.8, 4) is 0 Å². The SMILES string of the molecule is C/C=C/CCNC(N)=O. The molecule has 0 aliphatic heterocycles. The molecular formula is C6H12N2O. The van der Waals surface area contributed by atoms with E-state index in [-0.39, 0.29) is 0 Å². The van der Waals surface area contributed by atoms with Crippen molar-refractivity contribution < 1.29 is 4.79 Å². The van der Waals surface area contributed by atoms with Gasteiger partial charge in [0.2, 0.25) is 0 Å². The fourth-order valence-electron chi connectivity index (χ4n) is 0.445. The molecule has 0 aromatic carbocycles. The van der Waals surface area contributed by atoms with Gasteiger partial charge in [0.1, 0.15) is 0 Å². The Hall–Kier alpha value is -0.990. The second kappa shape index (κ2) is 5.15. The quantitative estimate of drug-likeness (QED) is 0.425. The molecule has 0 fully saturated rings. The second-order valence-corrected chi connectivity index (χ2v) is 1.65. The minimum absolute atomic E-state index is 0.459. The summed E-state index contributed by atoms with van der Waals surface area (Å²) < 4.78 is 0. The molecule has 0 atom stereocenters. The minimum Gasteiger partial charge on any atom is -0.352 e. The first kappa shape index (κ1) is 8.01. The summed E-state index contributed by atoms with van der Waals surface area (Å²) in [5.74, 6) is 0. The summed E-state index contributed by atoms with van der Waals surface area (Å²) in [4.78, 5) is 10.0. The van der Waals surface area contributed by atoms with Crippen LogP contribution in [0.15, 0.2) is 12.2 Å². The number of primary amides is 1. The van der Waals surface area contributed by atoms with Gasteiger partial charge in [0.15, 0.2) is 0 Å². The van der Waals surface area contributed by atoms with Crippen molar-refractivity contribution in [3.05, 3.63) is 12.2 Å². The van der Waals surface area contributed by atoms with Gasteiger partial charge in [-0.05, 0) is 13.3 Å². The molecular weight excluding hydrogens is 116 g/mol. The number of amides is 2. The molecule has 0 aromatic rings. The van der Waals surface area contributed by atoms with Crippen molar-refractivity contribution in [3.63, 3.8) is 0 Å². The van der Waals surface area contributed by atoms with Crippen molar-refractivity contribution in [2.45, 2.75) is 13.3 Å². The fourth-order valence-corrected chi connectivity index (χ4v) is 0.445. The Balaban J connectivity index is 3.01. The van der Waals surface area contributed by atoms with Crippen LogP contribution in [-0.2, 0) is 0 Å². The number of hydrogen-bond donors (Lipinski definition) is 2. The van der Waals surface area contributed by atoms with E-state index in [9.17, 15) is 4.79 Å². The largest absolute Gasteiger partial charge is 0.352 e. The lowest BCUT2D eigenvalue weighted by molar-refractivity contribution is 0.249. The first-order valence-electron chi connectivity index (χ1n) is 2.92. The van der Waals surface area contributed by atoms with Gasteiger partial charge in [0, 0.05) is 6.54 Å². The monoisotopic (exact) mass is 128 g/mol. The van der Waals surface area contributed by atoms with Gasteiger partial charge in [-0.3, -0.25) is 0 Å². The van der Waals surface area contributed by atoms with E-state index in [2.05, 4.69) is 5.32 Å². The van der Waals surface area contributed by atoms with Gasteiger partial charge >= 0.3 is 6.03 Å². The lowest BCUT2D eigenvalue weighted by Gasteiger charge is -1.94. The second-order valence-electron chi connectivity index (χ2n) is 1.65. The molecule has 0 aromatic heterocycles.